The number of aliphatic hydroxyl groups is 2. The van der Waals surface area contributed by atoms with Gasteiger partial charge in [0, 0.05) is 45.7 Å². The van der Waals surface area contributed by atoms with Crippen LogP contribution in [0.3, 0.4) is 0 Å². The Morgan fingerprint density at radius 2 is 2.00 bits per heavy atom. The summed E-state index contributed by atoms with van der Waals surface area (Å²) in [5, 5.41) is 21.9. The third-order valence-electron chi connectivity index (χ3n) is 5.40. The van der Waals surface area contributed by atoms with Crippen molar-refractivity contribution in [1.82, 2.24) is 9.80 Å². The quantitative estimate of drug-likeness (QED) is 0.760. The van der Waals surface area contributed by atoms with Crippen molar-refractivity contribution in [3.05, 3.63) is 30.1 Å². The van der Waals surface area contributed by atoms with Gasteiger partial charge in [-0.2, -0.15) is 0 Å². The molecule has 1 aromatic rings. The van der Waals surface area contributed by atoms with Gasteiger partial charge in [-0.15, -0.1) is 0 Å². The van der Waals surface area contributed by atoms with E-state index in [1.54, 1.807) is 17.0 Å². The van der Waals surface area contributed by atoms with Crippen LogP contribution in [0.2, 0.25) is 0 Å². The van der Waals surface area contributed by atoms with Crippen LogP contribution in [0.4, 0.5) is 4.39 Å². The zero-order valence-electron chi connectivity index (χ0n) is 16.3. The van der Waals surface area contributed by atoms with E-state index >= 15 is 0 Å². The highest BCUT2D eigenvalue weighted by Crippen LogP contribution is 2.25. The molecule has 0 aromatic heterocycles. The van der Waals surface area contributed by atoms with Gasteiger partial charge in [-0.05, 0) is 25.0 Å². The maximum Gasteiger partial charge on any atom is 0.219 e. The molecule has 2 N–H and O–H groups in total. The smallest absolute Gasteiger partial charge is 0.219 e. The van der Waals surface area contributed by atoms with Crippen molar-refractivity contribution in [3.8, 4) is 5.75 Å². The minimum absolute atomic E-state index is 0.0223. The van der Waals surface area contributed by atoms with Crippen molar-refractivity contribution in [1.29, 1.82) is 0 Å². The van der Waals surface area contributed by atoms with Crippen LogP contribution in [-0.4, -0.2) is 89.7 Å². The Bertz CT molecular complexity index is 680. The summed E-state index contributed by atoms with van der Waals surface area (Å²) in [6.45, 7) is 4.37. The van der Waals surface area contributed by atoms with Crippen LogP contribution in [0.1, 0.15) is 19.8 Å². The second-order valence-corrected chi connectivity index (χ2v) is 7.96. The average molecular weight is 396 g/mol. The van der Waals surface area contributed by atoms with Gasteiger partial charge in [0.1, 0.15) is 23.8 Å². The van der Waals surface area contributed by atoms with Gasteiger partial charge >= 0.3 is 0 Å². The van der Waals surface area contributed by atoms with E-state index in [1.165, 1.54) is 19.1 Å². The predicted octanol–water partition coefficient (Wildman–Crippen LogP) is 0.641. The van der Waals surface area contributed by atoms with Crippen LogP contribution in [0.25, 0.3) is 0 Å². The first kappa shape index (κ1) is 21.0. The normalized spacial score (nSPS) is 25.9. The molecule has 2 saturated heterocycles. The standard InChI is InChI=1S/C20H29FN2O5/c1-16(24)23-7-5-19(25,6-8-23)12-22-9-10-27-14-20(26,13-22)15-28-18-4-2-3-17(21)11-18/h2-4,11,25-26H,5-10,12-15H2,1H3/t20-/m1/s1. The number of amides is 1. The number of benzene rings is 1. The zero-order chi connectivity index (χ0) is 20.2. The lowest BCUT2D eigenvalue weighted by molar-refractivity contribution is -0.134. The summed E-state index contributed by atoms with van der Waals surface area (Å²) in [5.41, 5.74) is -2.17. The molecule has 0 spiro atoms. The summed E-state index contributed by atoms with van der Waals surface area (Å²) in [6.07, 6.45) is 1.00. The Morgan fingerprint density at radius 3 is 2.68 bits per heavy atom. The molecule has 2 fully saturated rings. The molecule has 2 aliphatic rings. The van der Waals surface area contributed by atoms with Crippen LogP contribution >= 0.6 is 0 Å². The van der Waals surface area contributed by atoms with Gasteiger partial charge in [-0.3, -0.25) is 9.69 Å². The molecule has 1 atom stereocenters. The number of nitrogens with zero attached hydrogens (tertiary/aromatic N) is 2. The molecule has 1 amide bonds. The summed E-state index contributed by atoms with van der Waals surface area (Å²) < 4.78 is 24.4. The monoisotopic (exact) mass is 396 g/mol. The van der Waals surface area contributed by atoms with Gasteiger partial charge in [-0.1, -0.05) is 6.07 Å². The largest absolute Gasteiger partial charge is 0.490 e. The number of ether oxygens (including phenoxy) is 2. The molecule has 0 bridgehead atoms. The van der Waals surface area contributed by atoms with Crippen molar-refractivity contribution >= 4 is 5.91 Å². The molecule has 1 aromatic carbocycles. The van der Waals surface area contributed by atoms with E-state index in [9.17, 15) is 19.4 Å². The van der Waals surface area contributed by atoms with Crippen molar-refractivity contribution in [2.75, 3.05) is 52.5 Å². The molecule has 0 unspecified atom stereocenters. The highest BCUT2D eigenvalue weighted by molar-refractivity contribution is 5.73. The van der Waals surface area contributed by atoms with E-state index < -0.39 is 17.0 Å². The van der Waals surface area contributed by atoms with Gasteiger partial charge in [0.25, 0.3) is 0 Å². The van der Waals surface area contributed by atoms with Gasteiger partial charge in [0.2, 0.25) is 5.91 Å². The fourth-order valence-corrected chi connectivity index (χ4v) is 3.81. The number of piperidine rings is 1. The van der Waals surface area contributed by atoms with E-state index in [0.717, 1.165) is 0 Å². The van der Waals surface area contributed by atoms with Crippen LogP contribution in [0, 0.1) is 5.82 Å². The predicted molar refractivity (Wildman–Crippen MR) is 101 cm³/mol. The van der Waals surface area contributed by atoms with Crippen molar-refractivity contribution in [2.45, 2.75) is 31.0 Å². The molecular weight excluding hydrogens is 367 g/mol. The molecule has 3 rings (SSSR count). The van der Waals surface area contributed by atoms with Crippen molar-refractivity contribution in [2.24, 2.45) is 0 Å². The van der Waals surface area contributed by atoms with Crippen LogP contribution in [0.15, 0.2) is 24.3 Å². The minimum atomic E-state index is -1.26. The lowest BCUT2D eigenvalue weighted by Gasteiger charge is -2.41. The van der Waals surface area contributed by atoms with Gasteiger partial charge < -0.3 is 24.6 Å². The van der Waals surface area contributed by atoms with E-state index in [1.807, 2.05) is 4.90 Å². The van der Waals surface area contributed by atoms with Gasteiger partial charge in [-0.25, -0.2) is 4.39 Å². The molecule has 0 radical (unpaired) electrons. The van der Waals surface area contributed by atoms with E-state index in [4.69, 9.17) is 9.47 Å². The lowest BCUT2D eigenvalue weighted by atomic mass is 9.90. The SMILES string of the molecule is CC(=O)N1CCC(O)(CN2CCOC[C@@](O)(COc3cccc(F)c3)C2)CC1. The van der Waals surface area contributed by atoms with Crippen molar-refractivity contribution < 1.29 is 28.9 Å². The lowest BCUT2D eigenvalue weighted by Crippen LogP contribution is -2.55. The minimum Gasteiger partial charge on any atom is -0.490 e. The highest BCUT2D eigenvalue weighted by atomic mass is 19.1. The molecule has 2 aliphatic heterocycles. The molecular formula is C20H29FN2O5. The molecule has 156 valence electrons. The number of carbonyl (C=O) groups is 1. The Morgan fingerprint density at radius 1 is 1.25 bits per heavy atom. The number of hydrogen-bond acceptors (Lipinski definition) is 6. The van der Waals surface area contributed by atoms with E-state index in [-0.39, 0.29) is 25.7 Å². The second kappa shape index (κ2) is 8.73. The van der Waals surface area contributed by atoms with Crippen LogP contribution < -0.4 is 4.74 Å². The molecule has 28 heavy (non-hydrogen) atoms. The molecule has 0 aliphatic carbocycles. The molecule has 0 saturated carbocycles. The number of carbonyl (C=O) groups excluding carboxylic acids is 1. The van der Waals surface area contributed by atoms with Crippen LogP contribution in [0.5, 0.6) is 5.75 Å². The summed E-state index contributed by atoms with van der Waals surface area (Å²) in [7, 11) is 0. The van der Waals surface area contributed by atoms with Crippen LogP contribution in [-0.2, 0) is 9.53 Å². The summed E-state index contributed by atoms with van der Waals surface area (Å²) in [6, 6.07) is 5.78. The first-order chi connectivity index (χ1) is 13.3. The second-order valence-electron chi connectivity index (χ2n) is 7.96. The summed E-state index contributed by atoms with van der Waals surface area (Å²) >= 11 is 0. The maximum absolute atomic E-state index is 13.3. The fraction of sp³-hybridized carbons (Fsp3) is 0.650. The Kier molecular flexibility index (Phi) is 6.54. The number of β-amino-alcohol motifs (C(OH)–C–C–N with tert-alkyl or cyclic N) is 2. The number of hydrogen-bond donors (Lipinski definition) is 2. The fourth-order valence-electron chi connectivity index (χ4n) is 3.81. The average Bonchev–Trinajstić information content (AvgIpc) is 2.82. The zero-order valence-corrected chi connectivity index (χ0v) is 16.3. The maximum atomic E-state index is 13.3. The van der Waals surface area contributed by atoms with E-state index in [0.29, 0.717) is 51.4 Å². The summed E-state index contributed by atoms with van der Waals surface area (Å²) in [5.74, 6) is -0.0316. The van der Waals surface area contributed by atoms with Gasteiger partial charge in [0.05, 0.1) is 18.8 Å². The Balaban J connectivity index is 1.57. The van der Waals surface area contributed by atoms with E-state index in [2.05, 4.69) is 0 Å². The number of likely N-dealkylation sites (tertiary alicyclic amines) is 1. The molecule has 7 nitrogen and oxygen atoms in total. The first-order valence-corrected chi connectivity index (χ1v) is 9.66. The Labute approximate surface area is 164 Å². The molecule has 8 heteroatoms. The summed E-state index contributed by atoms with van der Waals surface area (Å²) in [4.78, 5) is 15.2. The van der Waals surface area contributed by atoms with Gasteiger partial charge in [0.15, 0.2) is 0 Å². The van der Waals surface area contributed by atoms with Crippen molar-refractivity contribution in [3.63, 3.8) is 0 Å². The third-order valence-corrected chi connectivity index (χ3v) is 5.40. The Hall–Kier alpha value is -1.74. The number of halogens is 1. The molecule has 2 heterocycles. The third kappa shape index (κ3) is 5.64. The topological polar surface area (TPSA) is 82.5 Å². The number of rotatable bonds is 5. The first-order valence-electron chi connectivity index (χ1n) is 9.66. The highest BCUT2D eigenvalue weighted by Gasteiger charge is 2.39.